The maximum atomic E-state index is 12.4. The van der Waals surface area contributed by atoms with E-state index in [1.807, 2.05) is 6.07 Å². The smallest absolute Gasteiger partial charge is 0.251 e. The highest BCUT2D eigenvalue weighted by molar-refractivity contribution is 5.79. The van der Waals surface area contributed by atoms with Gasteiger partial charge in [0.2, 0.25) is 0 Å². The fourth-order valence-corrected chi connectivity index (χ4v) is 7.00. The fourth-order valence-electron chi connectivity index (χ4n) is 7.00. The number of ketones is 1. The van der Waals surface area contributed by atoms with E-state index < -0.39 is 17.0 Å². The molecule has 13 heteroatoms. The van der Waals surface area contributed by atoms with Crippen LogP contribution in [0.2, 0.25) is 0 Å². The molecule has 0 atom stereocenters. The van der Waals surface area contributed by atoms with Gasteiger partial charge >= 0.3 is 0 Å². The maximum Gasteiger partial charge on any atom is 0.251 e. The number of hydrogen-bond donors (Lipinski definition) is 2. The lowest BCUT2D eigenvalue weighted by molar-refractivity contribution is -0.203. The fraction of sp³-hybridized carbons (Fsp3) is 0.528. The molecule has 1 spiro atoms. The summed E-state index contributed by atoms with van der Waals surface area (Å²) < 4.78 is 25.1. The number of hydrogen-bond acceptors (Lipinski definition) is 11. The van der Waals surface area contributed by atoms with Crippen LogP contribution in [0.4, 0.5) is 0 Å². The van der Waals surface area contributed by atoms with Gasteiger partial charge in [0.1, 0.15) is 17.3 Å². The number of carbonyl (C=O) groups is 1. The molecule has 3 aliphatic rings. The average Bonchev–Trinajstić information content (AvgIpc) is 3.58. The van der Waals surface area contributed by atoms with Crippen molar-refractivity contribution in [2.45, 2.75) is 94.3 Å². The molecule has 0 amide bonds. The van der Waals surface area contributed by atoms with Crippen LogP contribution in [0.1, 0.15) is 64.2 Å². The third kappa shape index (κ3) is 7.85. The Morgan fingerprint density at radius 3 is 1.59 bits per heavy atom. The summed E-state index contributed by atoms with van der Waals surface area (Å²) >= 11 is 0. The molecule has 0 aromatic carbocycles. The van der Waals surface area contributed by atoms with E-state index in [4.69, 9.17) is 18.9 Å². The first kappa shape index (κ1) is 34.7. The molecule has 49 heavy (non-hydrogen) atoms. The van der Waals surface area contributed by atoms with Crippen LogP contribution in [0.5, 0.6) is 11.5 Å². The summed E-state index contributed by atoms with van der Waals surface area (Å²) in [5.74, 6) is 0.884. The molecule has 3 fully saturated rings. The molecule has 0 unspecified atom stereocenters. The average molecular weight is 677 g/mol. The van der Waals surface area contributed by atoms with Crippen molar-refractivity contribution in [3.8, 4) is 11.5 Å². The monoisotopic (exact) mass is 676 g/mol. The van der Waals surface area contributed by atoms with Crippen LogP contribution < -0.4 is 20.6 Å². The first-order valence-electron chi connectivity index (χ1n) is 16.8. The number of pyridine rings is 4. The summed E-state index contributed by atoms with van der Waals surface area (Å²) in [5, 5.41) is 21.6. The highest BCUT2D eigenvalue weighted by Gasteiger charge is 2.45. The molecule has 2 N–H and O–H groups in total. The van der Waals surface area contributed by atoms with Crippen molar-refractivity contribution >= 4 is 27.9 Å². The number of methoxy groups -OCH3 is 2. The van der Waals surface area contributed by atoms with Gasteiger partial charge in [0.15, 0.2) is 5.79 Å². The summed E-state index contributed by atoms with van der Waals surface area (Å²) in [6, 6.07) is 9.98. The van der Waals surface area contributed by atoms with E-state index in [2.05, 4.69) is 9.97 Å². The predicted molar refractivity (Wildman–Crippen MR) is 181 cm³/mol. The van der Waals surface area contributed by atoms with Gasteiger partial charge < -0.3 is 38.3 Å². The SMILES string of the molecule is COc1cnc2ccc(=O)n(CCC3(O)CCC(=O)CC3)c2c1.COc1cnc2ccc(=O)n(CCC3(O)CCC4(CC3)OCCO4)c2c1. The largest absolute Gasteiger partial charge is 0.495 e. The molecule has 0 bridgehead atoms. The maximum absolute atomic E-state index is 12.4. The number of aryl methyl sites for hydroxylation is 2. The van der Waals surface area contributed by atoms with Crippen LogP contribution in [-0.4, -0.2) is 79.5 Å². The van der Waals surface area contributed by atoms with E-state index in [0.717, 1.165) is 11.0 Å². The van der Waals surface area contributed by atoms with Crippen molar-refractivity contribution in [2.75, 3.05) is 27.4 Å². The van der Waals surface area contributed by atoms with Crippen LogP contribution in [0.15, 0.2) is 58.4 Å². The van der Waals surface area contributed by atoms with Crippen molar-refractivity contribution in [1.82, 2.24) is 19.1 Å². The summed E-state index contributed by atoms with van der Waals surface area (Å²) in [4.78, 5) is 44.6. The van der Waals surface area contributed by atoms with Crippen molar-refractivity contribution in [2.24, 2.45) is 0 Å². The van der Waals surface area contributed by atoms with E-state index in [9.17, 15) is 24.6 Å². The molecular weight excluding hydrogens is 632 g/mol. The highest BCUT2D eigenvalue weighted by Crippen LogP contribution is 2.41. The molecule has 0 radical (unpaired) electrons. The Hall–Kier alpha value is -4.17. The minimum absolute atomic E-state index is 0.106. The van der Waals surface area contributed by atoms with E-state index >= 15 is 0 Å². The van der Waals surface area contributed by atoms with E-state index in [1.54, 1.807) is 53.9 Å². The number of ether oxygens (including phenoxy) is 4. The van der Waals surface area contributed by atoms with Gasteiger partial charge in [-0.15, -0.1) is 0 Å². The second-order valence-electron chi connectivity index (χ2n) is 13.3. The first-order valence-corrected chi connectivity index (χ1v) is 16.8. The highest BCUT2D eigenvalue weighted by atomic mass is 16.7. The van der Waals surface area contributed by atoms with Crippen LogP contribution >= 0.6 is 0 Å². The Labute approximate surface area is 283 Å². The van der Waals surface area contributed by atoms with Gasteiger partial charge in [-0.3, -0.25) is 24.4 Å². The third-order valence-corrected chi connectivity index (χ3v) is 10.2. The topological polar surface area (TPSA) is 164 Å². The number of fused-ring (bicyclic) bond motifs is 2. The summed E-state index contributed by atoms with van der Waals surface area (Å²) in [7, 11) is 3.12. The molecule has 2 saturated carbocycles. The lowest BCUT2D eigenvalue weighted by Gasteiger charge is -2.40. The van der Waals surface area contributed by atoms with Crippen molar-refractivity contribution < 1.29 is 34.0 Å². The molecule has 4 aromatic heterocycles. The standard InChI is InChI=1S/C19H24N2O5.C17H20N2O4/c1-24-14-12-16-15(20-13-14)2-3-17(22)21(16)9-8-18(23)4-6-19(7-5-18)25-10-11-26-19;1-23-13-10-15-14(18-11-13)2-3-16(21)19(15)9-8-17(22)6-4-12(20)5-7-17/h2-3,12-13,23H,4-11H2,1H3;2-3,10-11,22H,4-9H2,1H3. The number of aromatic nitrogens is 4. The van der Waals surface area contributed by atoms with Crippen molar-refractivity contribution in [3.05, 3.63) is 69.5 Å². The molecule has 13 nitrogen and oxygen atoms in total. The lowest BCUT2D eigenvalue weighted by Crippen LogP contribution is -2.44. The molecular formula is C36H44N4O9. The second kappa shape index (κ2) is 14.4. The Bertz CT molecular complexity index is 1910. The normalized spacial score (nSPS) is 19.5. The second-order valence-corrected chi connectivity index (χ2v) is 13.3. The van der Waals surface area contributed by atoms with Gasteiger partial charge in [-0.1, -0.05) is 0 Å². The molecule has 262 valence electrons. The zero-order chi connectivity index (χ0) is 34.6. The Morgan fingerprint density at radius 2 is 1.14 bits per heavy atom. The van der Waals surface area contributed by atoms with Crippen LogP contribution in [0.25, 0.3) is 22.1 Å². The van der Waals surface area contributed by atoms with E-state index in [-0.39, 0.29) is 16.9 Å². The quantitative estimate of drug-likeness (QED) is 0.281. The minimum atomic E-state index is -0.873. The predicted octanol–water partition coefficient (Wildman–Crippen LogP) is 3.51. The number of carbonyl (C=O) groups excluding carboxylic acids is 1. The molecule has 1 aliphatic heterocycles. The number of rotatable bonds is 8. The molecule has 2 aliphatic carbocycles. The molecule has 7 rings (SSSR count). The lowest BCUT2D eigenvalue weighted by atomic mass is 9.79. The van der Waals surface area contributed by atoms with Gasteiger partial charge in [0.25, 0.3) is 11.1 Å². The van der Waals surface area contributed by atoms with Crippen LogP contribution in [-0.2, 0) is 27.4 Å². The number of Topliss-reactive ketones (excluding diaryl/α,β-unsaturated/α-hetero) is 1. The summed E-state index contributed by atoms with van der Waals surface area (Å²) in [5.41, 5.74) is 0.913. The zero-order valence-electron chi connectivity index (χ0n) is 28.1. The van der Waals surface area contributed by atoms with E-state index in [0.29, 0.717) is 113 Å². The Morgan fingerprint density at radius 1 is 0.694 bits per heavy atom. The molecule has 5 heterocycles. The third-order valence-electron chi connectivity index (χ3n) is 10.2. The Kier molecular flexibility index (Phi) is 10.2. The number of aliphatic hydroxyl groups is 2. The van der Waals surface area contributed by atoms with Gasteiger partial charge in [0, 0.05) is 63.0 Å². The summed E-state index contributed by atoms with van der Waals surface area (Å²) in [6.45, 7) is 2.06. The minimum Gasteiger partial charge on any atom is -0.495 e. The zero-order valence-corrected chi connectivity index (χ0v) is 28.1. The molecule has 4 aromatic rings. The van der Waals surface area contributed by atoms with Crippen molar-refractivity contribution in [1.29, 1.82) is 0 Å². The van der Waals surface area contributed by atoms with Crippen molar-refractivity contribution in [3.63, 3.8) is 0 Å². The Balaban J connectivity index is 0.000000171. The van der Waals surface area contributed by atoms with Gasteiger partial charge in [-0.25, -0.2) is 0 Å². The van der Waals surface area contributed by atoms with Crippen LogP contribution in [0, 0.1) is 0 Å². The van der Waals surface area contributed by atoms with Gasteiger partial charge in [-0.05, 0) is 50.7 Å². The molecule has 1 saturated heterocycles. The van der Waals surface area contributed by atoms with Crippen LogP contribution in [0.3, 0.4) is 0 Å². The van der Waals surface area contributed by atoms with Gasteiger partial charge in [-0.2, -0.15) is 0 Å². The number of nitrogens with zero attached hydrogens (tertiary/aromatic N) is 4. The first-order chi connectivity index (χ1) is 23.5. The van der Waals surface area contributed by atoms with Gasteiger partial charge in [0.05, 0.1) is 73.1 Å². The van der Waals surface area contributed by atoms with E-state index in [1.165, 1.54) is 12.1 Å². The summed E-state index contributed by atoms with van der Waals surface area (Å²) in [6.07, 6.45) is 8.52.